The second kappa shape index (κ2) is 4.20. The fraction of sp³-hybridized carbons (Fsp3) is 0.600. The van der Waals surface area contributed by atoms with E-state index in [2.05, 4.69) is 5.32 Å². The van der Waals surface area contributed by atoms with Crippen LogP contribution in [0.5, 0.6) is 0 Å². The van der Waals surface area contributed by atoms with Gasteiger partial charge in [-0.3, -0.25) is 0 Å². The van der Waals surface area contributed by atoms with Crippen molar-refractivity contribution in [2.45, 2.75) is 17.9 Å². The summed E-state index contributed by atoms with van der Waals surface area (Å²) in [4.78, 5) is 0.378. The van der Waals surface area contributed by atoms with Crippen molar-refractivity contribution in [3.8, 4) is 0 Å². The molecule has 2 heterocycles. The second-order valence-corrected chi connectivity index (χ2v) is 6.07. The van der Waals surface area contributed by atoms with Gasteiger partial charge < -0.3 is 9.88 Å². The average Bonchev–Trinajstić information content (AvgIpc) is 2.66. The Morgan fingerprint density at radius 3 is 2.81 bits per heavy atom. The first-order valence-electron chi connectivity index (χ1n) is 5.36. The first kappa shape index (κ1) is 11.6. The zero-order chi connectivity index (χ0) is 11.8. The summed E-state index contributed by atoms with van der Waals surface area (Å²) >= 11 is 0. The highest BCUT2D eigenvalue weighted by atomic mass is 32.2. The number of aromatic nitrogens is 1. The molecule has 1 aromatic heterocycles. The lowest BCUT2D eigenvalue weighted by Crippen LogP contribution is -2.52. The standard InChI is InChI=1S/C10H17N3O2S/c1-9-7-11-4-6-13(9)16(14,15)10-3-5-12(2)8-10/h3,5,8-9,11H,4,6-7H2,1-2H3/t9-/m1/s1. The molecule has 1 aromatic rings. The van der Waals surface area contributed by atoms with Crippen LogP contribution in [0.3, 0.4) is 0 Å². The van der Waals surface area contributed by atoms with Crippen molar-refractivity contribution >= 4 is 10.0 Å². The molecule has 1 atom stereocenters. The van der Waals surface area contributed by atoms with E-state index in [1.54, 1.807) is 27.3 Å². The number of hydrogen-bond acceptors (Lipinski definition) is 3. The first-order valence-corrected chi connectivity index (χ1v) is 6.80. The van der Waals surface area contributed by atoms with Gasteiger partial charge in [-0.15, -0.1) is 0 Å². The van der Waals surface area contributed by atoms with Gasteiger partial charge in [0.1, 0.15) is 0 Å². The van der Waals surface area contributed by atoms with E-state index in [0.29, 0.717) is 18.0 Å². The van der Waals surface area contributed by atoms with Crippen molar-refractivity contribution in [2.24, 2.45) is 7.05 Å². The minimum absolute atomic E-state index is 0.0129. The third-order valence-corrected chi connectivity index (χ3v) is 4.85. The first-order chi connectivity index (χ1) is 7.51. The normalized spacial score (nSPS) is 23.5. The van der Waals surface area contributed by atoms with E-state index in [1.165, 1.54) is 0 Å². The van der Waals surface area contributed by atoms with Gasteiger partial charge in [0.2, 0.25) is 10.0 Å². The topological polar surface area (TPSA) is 54.3 Å². The predicted molar refractivity (Wildman–Crippen MR) is 61.6 cm³/mol. The predicted octanol–water partition coefficient (Wildman–Crippen LogP) is 0.00750. The number of hydrogen-bond donors (Lipinski definition) is 1. The smallest absolute Gasteiger partial charge is 0.244 e. The van der Waals surface area contributed by atoms with Crippen molar-refractivity contribution in [3.05, 3.63) is 18.5 Å². The quantitative estimate of drug-likeness (QED) is 0.796. The van der Waals surface area contributed by atoms with Gasteiger partial charge in [0.25, 0.3) is 0 Å². The van der Waals surface area contributed by atoms with Crippen LogP contribution >= 0.6 is 0 Å². The van der Waals surface area contributed by atoms with Crippen LogP contribution in [0.4, 0.5) is 0 Å². The van der Waals surface area contributed by atoms with Gasteiger partial charge in [-0.1, -0.05) is 0 Å². The molecule has 1 aliphatic rings. The van der Waals surface area contributed by atoms with Crippen LogP contribution in [0.25, 0.3) is 0 Å². The zero-order valence-electron chi connectivity index (χ0n) is 9.55. The Balaban J connectivity index is 2.31. The number of aryl methyl sites for hydroxylation is 1. The molecule has 0 bridgehead atoms. The monoisotopic (exact) mass is 243 g/mol. The Kier molecular flexibility index (Phi) is 3.05. The van der Waals surface area contributed by atoms with Gasteiger partial charge in [0, 0.05) is 45.1 Å². The summed E-state index contributed by atoms with van der Waals surface area (Å²) in [6.07, 6.45) is 3.39. The fourth-order valence-electron chi connectivity index (χ4n) is 1.95. The largest absolute Gasteiger partial charge is 0.356 e. The number of sulfonamides is 1. The molecule has 1 aliphatic heterocycles. The summed E-state index contributed by atoms with van der Waals surface area (Å²) in [7, 11) is -1.50. The number of nitrogens with zero attached hydrogens (tertiary/aromatic N) is 2. The summed E-state index contributed by atoms with van der Waals surface area (Å²) in [6, 6.07) is 1.66. The van der Waals surface area contributed by atoms with Crippen molar-refractivity contribution in [1.29, 1.82) is 0 Å². The van der Waals surface area contributed by atoms with Crippen LogP contribution in [-0.4, -0.2) is 43.0 Å². The molecule has 0 amide bonds. The second-order valence-electron chi connectivity index (χ2n) is 4.18. The fourth-order valence-corrected chi connectivity index (χ4v) is 3.63. The van der Waals surface area contributed by atoms with Crippen LogP contribution in [0.1, 0.15) is 6.92 Å². The maximum atomic E-state index is 12.3. The van der Waals surface area contributed by atoms with Crippen molar-refractivity contribution in [3.63, 3.8) is 0 Å². The molecule has 0 unspecified atom stereocenters. The van der Waals surface area contributed by atoms with Gasteiger partial charge >= 0.3 is 0 Å². The summed E-state index contributed by atoms with van der Waals surface area (Å²) < 4.78 is 27.9. The van der Waals surface area contributed by atoms with Crippen LogP contribution in [-0.2, 0) is 17.1 Å². The van der Waals surface area contributed by atoms with E-state index < -0.39 is 10.0 Å². The molecule has 0 aliphatic carbocycles. The molecule has 1 fully saturated rings. The lowest BCUT2D eigenvalue weighted by atomic mass is 10.3. The molecule has 2 rings (SSSR count). The molecular formula is C10H17N3O2S. The van der Waals surface area contributed by atoms with E-state index in [-0.39, 0.29) is 6.04 Å². The molecule has 90 valence electrons. The lowest BCUT2D eigenvalue weighted by molar-refractivity contribution is 0.284. The maximum Gasteiger partial charge on any atom is 0.244 e. The van der Waals surface area contributed by atoms with Gasteiger partial charge in [-0.25, -0.2) is 8.42 Å². The summed E-state index contributed by atoms with van der Waals surface area (Å²) in [5.74, 6) is 0. The number of piperazine rings is 1. The molecule has 5 nitrogen and oxygen atoms in total. The Hall–Kier alpha value is -0.850. The van der Waals surface area contributed by atoms with Crippen LogP contribution < -0.4 is 5.32 Å². The molecular weight excluding hydrogens is 226 g/mol. The average molecular weight is 243 g/mol. The SMILES string of the molecule is C[C@@H]1CNCCN1S(=O)(=O)c1ccn(C)c1. The van der Waals surface area contributed by atoms with Crippen molar-refractivity contribution < 1.29 is 8.42 Å². The number of rotatable bonds is 2. The molecule has 1 saturated heterocycles. The lowest BCUT2D eigenvalue weighted by Gasteiger charge is -2.32. The van der Waals surface area contributed by atoms with E-state index in [4.69, 9.17) is 0 Å². The van der Waals surface area contributed by atoms with Crippen LogP contribution in [0.15, 0.2) is 23.4 Å². The Bertz CT molecular complexity index is 466. The Morgan fingerprint density at radius 2 is 2.25 bits per heavy atom. The molecule has 6 heteroatoms. The van der Waals surface area contributed by atoms with Gasteiger partial charge in [-0.2, -0.15) is 4.31 Å². The minimum Gasteiger partial charge on any atom is -0.356 e. The highest BCUT2D eigenvalue weighted by Crippen LogP contribution is 2.19. The molecule has 0 aromatic carbocycles. The van der Waals surface area contributed by atoms with Crippen molar-refractivity contribution in [1.82, 2.24) is 14.2 Å². The zero-order valence-corrected chi connectivity index (χ0v) is 10.4. The van der Waals surface area contributed by atoms with E-state index in [9.17, 15) is 8.42 Å². The molecule has 0 radical (unpaired) electrons. The van der Waals surface area contributed by atoms with Crippen molar-refractivity contribution in [2.75, 3.05) is 19.6 Å². The van der Waals surface area contributed by atoms with Gasteiger partial charge in [0.15, 0.2) is 0 Å². The Morgan fingerprint density at radius 1 is 1.50 bits per heavy atom. The number of nitrogens with one attached hydrogen (secondary N) is 1. The van der Waals surface area contributed by atoms with Crippen LogP contribution in [0.2, 0.25) is 0 Å². The highest BCUT2D eigenvalue weighted by Gasteiger charge is 2.31. The molecule has 0 saturated carbocycles. The van der Waals surface area contributed by atoms with Gasteiger partial charge in [0.05, 0.1) is 4.90 Å². The van der Waals surface area contributed by atoms with E-state index >= 15 is 0 Å². The summed E-state index contributed by atoms with van der Waals surface area (Å²) in [5, 5.41) is 3.18. The molecule has 0 spiro atoms. The van der Waals surface area contributed by atoms with E-state index in [1.807, 2.05) is 14.0 Å². The van der Waals surface area contributed by atoms with E-state index in [0.717, 1.165) is 6.54 Å². The minimum atomic E-state index is -3.32. The van der Waals surface area contributed by atoms with Gasteiger partial charge in [-0.05, 0) is 13.0 Å². The molecule has 1 N–H and O–H groups in total. The summed E-state index contributed by atoms with van der Waals surface area (Å²) in [6.45, 7) is 3.90. The highest BCUT2D eigenvalue weighted by molar-refractivity contribution is 7.89. The van der Waals surface area contributed by atoms with Crippen LogP contribution in [0, 0.1) is 0 Å². The molecule has 16 heavy (non-hydrogen) atoms. The Labute approximate surface area is 96.1 Å². The third-order valence-electron chi connectivity index (χ3n) is 2.85. The summed E-state index contributed by atoms with van der Waals surface area (Å²) in [5.41, 5.74) is 0. The third kappa shape index (κ3) is 2.00. The maximum absolute atomic E-state index is 12.3.